The summed E-state index contributed by atoms with van der Waals surface area (Å²) in [4.78, 5) is 18.6. The third-order valence-corrected chi connectivity index (χ3v) is 4.00. The summed E-state index contributed by atoms with van der Waals surface area (Å²) in [7, 11) is 0. The first kappa shape index (κ1) is 16.5. The van der Waals surface area contributed by atoms with Crippen molar-refractivity contribution in [3.8, 4) is 11.6 Å². The second kappa shape index (κ2) is 7.51. The number of ether oxygens (including phenoxy) is 2. The molecule has 0 spiro atoms. The first-order valence-electron chi connectivity index (χ1n) is 8.45. The fraction of sp³-hybridized carbons (Fsp3) is 0.278. The first-order valence-corrected chi connectivity index (χ1v) is 8.45. The third kappa shape index (κ3) is 3.98. The Hall–Kier alpha value is -2.97. The number of aromatic nitrogens is 3. The van der Waals surface area contributed by atoms with E-state index in [0.717, 1.165) is 13.1 Å². The molecule has 0 atom stereocenters. The van der Waals surface area contributed by atoms with Crippen molar-refractivity contribution in [1.82, 2.24) is 19.5 Å². The van der Waals surface area contributed by atoms with Crippen LogP contribution in [0.15, 0.2) is 48.7 Å². The molecule has 1 fully saturated rings. The van der Waals surface area contributed by atoms with E-state index in [1.165, 1.54) is 0 Å². The van der Waals surface area contributed by atoms with Crippen LogP contribution in [-0.2, 0) is 9.53 Å². The first-order chi connectivity index (χ1) is 12.8. The molecule has 1 aliphatic rings. The van der Waals surface area contributed by atoms with Gasteiger partial charge in [-0.1, -0.05) is 18.2 Å². The van der Waals surface area contributed by atoms with Crippen LogP contribution in [0.4, 0.5) is 5.82 Å². The molecule has 1 saturated heterocycles. The molecular formula is C18H19N5O3. The van der Waals surface area contributed by atoms with Crippen molar-refractivity contribution in [2.45, 2.75) is 0 Å². The zero-order chi connectivity index (χ0) is 17.8. The zero-order valence-corrected chi connectivity index (χ0v) is 14.2. The minimum absolute atomic E-state index is 0.101. The predicted octanol–water partition coefficient (Wildman–Crippen LogP) is 1.79. The fourth-order valence-corrected chi connectivity index (χ4v) is 2.73. The normalized spacial score (nSPS) is 15.1. The monoisotopic (exact) mass is 353 g/mol. The molecule has 0 bridgehead atoms. The van der Waals surface area contributed by atoms with Gasteiger partial charge in [-0.05, 0) is 18.2 Å². The number of fused-ring (bicyclic) bond motifs is 1. The Balaban J connectivity index is 1.42. The predicted molar refractivity (Wildman–Crippen MR) is 95.4 cm³/mol. The van der Waals surface area contributed by atoms with Gasteiger partial charge in [0.1, 0.15) is 5.75 Å². The number of carbonyl (C=O) groups is 1. The molecule has 8 heteroatoms. The number of nitrogens with zero attached hydrogens (tertiary/aromatic N) is 4. The molecule has 134 valence electrons. The summed E-state index contributed by atoms with van der Waals surface area (Å²) in [6.45, 7) is 3.18. The Morgan fingerprint density at radius 2 is 1.96 bits per heavy atom. The lowest BCUT2D eigenvalue weighted by Gasteiger charge is -2.25. The molecular weight excluding hydrogens is 334 g/mol. The number of carbonyl (C=O) groups excluding carboxylic acids is 1. The standard InChI is InChI=1S/C18H19N5O3/c24-17(13-22-8-10-25-11-9-22)20-15-12-23-16(19-15)6-7-18(21-23)26-14-4-2-1-3-5-14/h1-7,12H,8-11,13H2,(H,20,24). The molecule has 8 nitrogen and oxygen atoms in total. The Kier molecular flexibility index (Phi) is 4.76. The minimum Gasteiger partial charge on any atom is -0.438 e. The summed E-state index contributed by atoms with van der Waals surface area (Å²) in [5.41, 5.74) is 0.632. The summed E-state index contributed by atoms with van der Waals surface area (Å²) < 4.78 is 12.6. The molecule has 1 amide bonds. The number of nitrogens with one attached hydrogen (secondary N) is 1. The van der Waals surface area contributed by atoms with E-state index in [2.05, 4.69) is 20.3 Å². The molecule has 0 radical (unpaired) electrons. The number of hydrogen-bond donors (Lipinski definition) is 1. The van der Waals surface area contributed by atoms with Gasteiger partial charge in [0.25, 0.3) is 0 Å². The summed E-state index contributed by atoms with van der Waals surface area (Å²) in [5.74, 6) is 1.52. The SMILES string of the molecule is O=C(CN1CCOCC1)Nc1cn2nc(Oc3ccccc3)ccc2n1. The van der Waals surface area contributed by atoms with Crippen LogP contribution in [0, 0.1) is 0 Å². The minimum atomic E-state index is -0.101. The van der Waals surface area contributed by atoms with Crippen LogP contribution in [0.2, 0.25) is 0 Å². The summed E-state index contributed by atoms with van der Waals surface area (Å²) in [6.07, 6.45) is 1.67. The van der Waals surface area contributed by atoms with Crippen LogP contribution < -0.4 is 10.1 Å². The average Bonchev–Trinajstić information content (AvgIpc) is 3.04. The van der Waals surface area contributed by atoms with Crippen LogP contribution in [0.3, 0.4) is 0 Å². The van der Waals surface area contributed by atoms with E-state index in [1.54, 1.807) is 22.8 Å². The van der Waals surface area contributed by atoms with E-state index in [9.17, 15) is 4.79 Å². The lowest BCUT2D eigenvalue weighted by Crippen LogP contribution is -2.41. The number of hydrogen-bond acceptors (Lipinski definition) is 6. The number of anilines is 1. The number of rotatable bonds is 5. The van der Waals surface area contributed by atoms with Crippen molar-refractivity contribution in [3.63, 3.8) is 0 Å². The van der Waals surface area contributed by atoms with Gasteiger partial charge in [-0.25, -0.2) is 9.50 Å². The van der Waals surface area contributed by atoms with E-state index in [0.29, 0.717) is 42.9 Å². The lowest BCUT2D eigenvalue weighted by atomic mass is 10.3. The Bertz CT molecular complexity index is 890. The molecule has 4 rings (SSSR count). The molecule has 0 aliphatic carbocycles. The highest BCUT2D eigenvalue weighted by atomic mass is 16.5. The Labute approximate surface area is 150 Å². The van der Waals surface area contributed by atoms with Gasteiger partial charge in [0.05, 0.1) is 26.0 Å². The summed E-state index contributed by atoms with van der Waals surface area (Å²) in [6, 6.07) is 13.0. The van der Waals surface area contributed by atoms with Gasteiger partial charge < -0.3 is 14.8 Å². The number of benzene rings is 1. The molecule has 0 saturated carbocycles. The van der Waals surface area contributed by atoms with Crippen molar-refractivity contribution in [2.24, 2.45) is 0 Å². The van der Waals surface area contributed by atoms with E-state index in [1.807, 2.05) is 30.3 Å². The quantitative estimate of drug-likeness (QED) is 0.753. The molecule has 3 heterocycles. The molecule has 26 heavy (non-hydrogen) atoms. The van der Waals surface area contributed by atoms with Crippen molar-refractivity contribution < 1.29 is 14.3 Å². The maximum atomic E-state index is 12.2. The van der Waals surface area contributed by atoms with Crippen LogP contribution in [0.1, 0.15) is 0 Å². The van der Waals surface area contributed by atoms with Crippen molar-refractivity contribution in [1.29, 1.82) is 0 Å². The Morgan fingerprint density at radius 3 is 2.77 bits per heavy atom. The van der Waals surface area contributed by atoms with Gasteiger partial charge in [-0.15, -0.1) is 5.10 Å². The second-order valence-corrected chi connectivity index (χ2v) is 5.95. The van der Waals surface area contributed by atoms with Crippen LogP contribution in [0.5, 0.6) is 11.6 Å². The van der Waals surface area contributed by atoms with E-state index >= 15 is 0 Å². The molecule has 0 unspecified atom stereocenters. The summed E-state index contributed by atoms with van der Waals surface area (Å²) in [5, 5.41) is 7.18. The highest BCUT2D eigenvalue weighted by Gasteiger charge is 2.15. The van der Waals surface area contributed by atoms with Crippen LogP contribution in [-0.4, -0.2) is 58.3 Å². The number of morpholine rings is 1. The van der Waals surface area contributed by atoms with Crippen LogP contribution >= 0.6 is 0 Å². The lowest BCUT2D eigenvalue weighted by molar-refractivity contribution is -0.118. The van der Waals surface area contributed by atoms with Gasteiger partial charge in [-0.2, -0.15) is 0 Å². The molecule has 3 aromatic rings. The maximum Gasteiger partial charge on any atom is 0.239 e. The molecule has 1 N–H and O–H groups in total. The van der Waals surface area contributed by atoms with E-state index < -0.39 is 0 Å². The average molecular weight is 353 g/mol. The van der Waals surface area contributed by atoms with Crippen molar-refractivity contribution in [2.75, 3.05) is 38.2 Å². The number of imidazole rings is 1. The molecule has 1 aromatic carbocycles. The summed E-state index contributed by atoms with van der Waals surface area (Å²) >= 11 is 0. The second-order valence-electron chi connectivity index (χ2n) is 5.95. The van der Waals surface area contributed by atoms with Crippen LogP contribution in [0.25, 0.3) is 5.65 Å². The van der Waals surface area contributed by atoms with Crippen molar-refractivity contribution in [3.05, 3.63) is 48.7 Å². The number of para-hydroxylation sites is 1. The van der Waals surface area contributed by atoms with Gasteiger partial charge in [0.15, 0.2) is 11.5 Å². The molecule has 1 aliphatic heterocycles. The van der Waals surface area contributed by atoms with E-state index in [-0.39, 0.29) is 5.91 Å². The maximum absolute atomic E-state index is 12.2. The Morgan fingerprint density at radius 1 is 1.15 bits per heavy atom. The van der Waals surface area contributed by atoms with Gasteiger partial charge in [-0.3, -0.25) is 9.69 Å². The number of amides is 1. The van der Waals surface area contributed by atoms with Gasteiger partial charge in [0.2, 0.25) is 11.8 Å². The zero-order valence-electron chi connectivity index (χ0n) is 14.2. The smallest absolute Gasteiger partial charge is 0.239 e. The molecule has 2 aromatic heterocycles. The van der Waals surface area contributed by atoms with E-state index in [4.69, 9.17) is 9.47 Å². The topological polar surface area (TPSA) is 81.0 Å². The highest BCUT2D eigenvalue weighted by Crippen LogP contribution is 2.19. The van der Waals surface area contributed by atoms with Gasteiger partial charge in [0, 0.05) is 19.2 Å². The third-order valence-electron chi connectivity index (χ3n) is 4.00. The fourth-order valence-electron chi connectivity index (χ4n) is 2.73. The van der Waals surface area contributed by atoms with Gasteiger partial charge >= 0.3 is 0 Å². The largest absolute Gasteiger partial charge is 0.438 e. The highest BCUT2D eigenvalue weighted by molar-refractivity contribution is 5.91. The van der Waals surface area contributed by atoms with Crippen molar-refractivity contribution >= 4 is 17.4 Å².